The molecule has 0 fully saturated rings. The third-order valence-corrected chi connectivity index (χ3v) is 2.61. The molecule has 0 amide bonds. The maximum Gasteiger partial charge on any atom is 0.372 e. The number of ketones is 1. The third kappa shape index (κ3) is 1.55. The number of anilines is 1. The molecule has 0 spiro atoms. The number of fused-ring (bicyclic) bond motifs is 1. The minimum Gasteiger partial charge on any atom is -0.475 e. The molecule has 1 aliphatic rings. The van der Waals surface area contributed by atoms with Crippen molar-refractivity contribution in [3.8, 4) is 0 Å². The van der Waals surface area contributed by atoms with Gasteiger partial charge in [-0.3, -0.25) is 4.79 Å². The molecule has 0 saturated carbocycles. The summed E-state index contributed by atoms with van der Waals surface area (Å²) in [5, 5.41) is 11.7. The summed E-state index contributed by atoms with van der Waals surface area (Å²) >= 11 is 5.79. The molecule has 15 heavy (non-hydrogen) atoms. The molecule has 1 unspecified atom stereocenters. The number of aromatic nitrogens is 1. The van der Waals surface area contributed by atoms with Crippen LogP contribution >= 0.6 is 11.6 Å². The van der Waals surface area contributed by atoms with E-state index in [9.17, 15) is 9.59 Å². The molecular formula is C9H7ClN2O3. The van der Waals surface area contributed by atoms with Crippen molar-refractivity contribution in [3.63, 3.8) is 0 Å². The number of hydrogen-bond acceptors (Lipinski definition) is 4. The third-order valence-electron chi connectivity index (χ3n) is 2.32. The lowest BCUT2D eigenvalue weighted by molar-refractivity contribution is -0.149. The molecule has 5 nitrogen and oxygen atoms in total. The van der Waals surface area contributed by atoms with Crippen LogP contribution in [-0.4, -0.2) is 28.4 Å². The van der Waals surface area contributed by atoms with Gasteiger partial charge in [0.1, 0.15) is 0 Å². The Morgan fingerprint density at radius 3 is 3.00 bits per heavy atom. The zero-order chi connectivity index (χ0) is 11.0. The van der Waals surface area contributed by atoms with Gasteiger partial charge in [0.05, 0.1) is 11.6 Å². The van der Waals surface area contributed by atoms with E-state index < -0.39 is 17.7 Å². The van der Waals surface area contributed by atoms with Crippen LogP contribution in [0, 0.1) is 0 Å². The average Bonchev–Trinajstić information content (AvgIpc) is 2.61. The Morgan fingerprint density at radius 1 is 1.60 bits per heavy atom. The highest BCUT2D eigenvalue weighted by molar-refractivity contribution is 6.36. The summed E-state index contributed by atoms with van der Waals surface area (Å²) in [4.78, 5) is 25.7. The number of carboxylic acid groups (broad SMARTS) is 1. The highest BCUT2D eigenvalue weighted by Crippen LogP contribution is 2.35. The highest BCUT2D eigenvalue weighted by atomic mass is 35.5. The van der Waals surface area contributed by atoms with Crippen molar-refractivity contribution < 1.29 is 14.7 Å². The Kier molecular flexibility index (Phi) is 2.32. The van der Waals surface area contributed by atoms with E-state index in [4.69, 9.17) is 16.7 Å². The number of aliphatic carboxylic acids is 1. The van der Waals surface area contributed by atoms with E-state index in [1.165, 1.54) is 6.20 Å². The van der Waals surface area contributed by atoms with Crippen LogP contribution in [0.5, 0.6) is 0 Å². The zero-order valence-electron chi connectivity index (χ0n) is 7.53. The number of halogens is 1. The number of nitrogens with one attached hydrogen (secondary N) is 1. The van der Waals surface area contributed by atoms with Crippen molar-refractivity contribution >= 4 is 29.0 Å². The molecule has 2 N–H and O–H groups in total. The van der Waals surface area contributed by atoms with Gasteiger partial charge in [-0.25, -0.2) is 9.78 Å². The maximum absolute atomic E-state index is 11.3. The lowest BCUT2D eigenvalue weighted by Gasteiger charge is -2.04. The van der Waals surface area contributed by atoms with Gasteiger partial charge >= 0.3 is 5.97 Å². The molecule has 1 aromatic heterocycles. The fourth-order valence-corrected chi connectivity index (χ4v) is 1.84. The molecule has 2 rings (SSSR count). The number of carboxylic acids is 1. The molecule has 0 bridgehead atoms. The second-order valence-electron chi connectivity index (χ2n) is 3.17. The second kappa shape index (κ2) is 3.51. The topological polar surface area (TPSA) is 79.3 Å². The summed E-state index contributed by atoms with van der Waals surface area (Å²) in [6.07, 6.45) is 1.45. The van der Waals surface area contributed by atoms with Crippen LogP contribution in [-0.2, 0) is 9.59 Å². The molecule has 2 heterocycles. The van der Waals surface area contributed by atoms with E-state index in [1.54, 1.807) is 6.07 Å². The quantitative estimate of drug-likeness (QED) is 0.579. The SMILES string of the molecule is O=C(O)C(=O)C1CNc2c1ccnc2Cl. The summed E-state index contributed by atoms with van der Waals surface area (Å²) in [5.41, 5.74) is 1.15. The number of Topliss-reactive ketones (excluding diaryl/α,β-unsaturated/α-hetero) is 1. The second-order valence-corrected chi connectivity index (χ2v) is 3.53. The summed E-state index contributed by atoms with van der Waals surface area (Å²) in [7, 11) is 0. The molecule has 1 aromatic rings. The van der Waals surface area contributed by atoms with Crippen molar-refractivity contribution in [1.82, 2.24) is 4.98 Å². The summed E-state index contributed by atoms with van der Waals surface area (Å²) < 4.78 is 0. The molecule has 0 radical (unpaired) electrons. The van der Waals surface area contributed by atoms with Gasteiger partial charge in [-0.2, -0.15) is 0 Å². The Hall–Kier alpha value is -1.62. The lowest BCUT2D eigenvalue weighted by atomic mass is 9.98. The molecule has 78 valence electrons. The number of rotatable bonds is 2. The van der Waals surface area contributed by atoms with Crippen LogP contribution in [0.4, 0.5) is 5.69 Å². The first-order valence-corrected chi connectivity index (χ1v) is 4.64. The van der Waals surface area contributed by atoms with Crippen LogP contribution in [0.25, 0.3) is 0 Å². The van der Waals surface area contributed by atoms with E-state index >= 15 is 0 Å². The Labute approximate surface area is 90.1 Å². The van der Waals surface area contributed by atoms with Crippen LogP contribution in [0.2, 0.25) is 5.15 Å². The molecule has 0 saturated heterocycles. The first kappa shape index (κ1) is 9.92. The van der Waals surface area contributed by atoms with Gasteiger partial charge in [-0.1, -0.05) is 11.6 Å². The van der Waals surface area contributed by atoms with Crippen LogP contribution in [0.3, 0.4) is 0 Å². The standard InChI is InChI=1S/C9H7ClN2O3/c10-8-6-4(1-2-11-8)5(3-12-6)7(13)9(14)15/h1-2,5,12H,3H2,(H,14,15). The number of nitrogens with zero attached hydrogens (tertiary/aromatic N) is 1. The average molecular weight is 227 g/mol. The van der Waals surface area contributed by atoms with Gasteiger partial charge in [0, 0.05) is 12.7 Å². The van der Waals surface area contributed by atoms with Crippen LogP contribution < -0.4 is 5.32 Å². The molecule has 0 aliphatic carbocycles. The van der Waals surface area contributed by atoms with E-state index in [-0.39, 0.29) is 11.7 Å². The fraction of sp³-hybridized carbons (Fsp3) is 0.222. The van der Waals surface area contributed by atoms with Gasteiger partial charge in [0.2, 0.25) is 5.78 Å². The van der Waals surface area contributed by atoms with Gasteiger partial charge in [-0.05, 0) is 11.6 Å². The van der Waals surface area contributed by atoms with Crippen molar-refractivity contribution in [1.29, 1.82) is 0 Å². The number of carbonyl (C=O) groups is 2. The molecule has 0 aromatic carbocycles. The minimum absolute atomic E-state index is 0.256. The molecule has 1 atom stereocenters. The van der Waals surface area contributed by atoms with E-state index in [0.29, 0.717) is 11.3 Å². The van der Waals surface area contributed by atoms with Crippen LogP contribution in [0.15, 0.2) is 12.3 Å². The predicted molar refractivity (Wildman–Crippen MR) is 53.1 cm³/mol. The van der Waals surface area contributed by atoms with Gasteiger partial charge in [-0.15, -0.1) is 0 Å². The summed E-state index contributed by atoms with van der Waals surface area (Å²) in [6.45, 7) is 0.256. The number of carbonyl (C=O) groups excluding carboxylic acids is 1. The van der Waals surface area contributed by atoms with E-state index in [2.05, 4.69) is 10.3 Å². The highest BCUT2D eigenvalue weighted by Gasteiger charge is 2.33. The largest absolute Gasteiger partial charge is 0.475 e. The van der Waals surface area contributed by atoms with Crippen LogP contribution in [0.1, 0.15) is 11.5 Å². The normalized spacial score (nSPS) is 18.1. The van der Waals surface area contributed by atoms with Gasteiger partial charge in [0.15, 0.2) is 5.15 Å². The summed E-state index contributed by atoms with van der Waals surface area (Å²) in [6, 6.07) is 1.60. The Balaban J connectivity index is 2.41. The lowest BCUT2D eigenvalue weighted by Crippen LogP contribution is -2.22. The summed E-state index contributed by atoms with van der Waals surface area (Å²) in [5.74, 6) is -2.93. The van der Waals surface area contributed by atoms with Gasteiger partial charge < -0.3 is 10.4 Å². The molecule has 1 aliphatic heterocycles. The van der Waals surface area contributed by atoms with E-state index in [0.717, 1.165) is 0 Å². The minimum atomic E-state index is -1.43. The van der Waals surface area contributed by atoms with Crippen molar-refractivity contribution in [3.05, 3.63) is 23.0 Å². The molecule has 6 heteroatoms. The number of hydrogen-bond donors (Lipinski definition) is 2. The Morgan fingerprint density at radius 2 is 2.33 bits per heavy atom. The Bertz CT molecular complexity index is 447. The van der Waals surface area contributed by atoms with Gasteiger partial charge in [0.25, 0.3) is 0 Å². The van der Waals surface area contributed by atoms with Crippen molar-refractivity contribution in [2.45, 2.75) is 5.92 Å². The van der Waals surface area contributed by atoms with E-state index in [1.807, 2.05) is 0 Å². The monoisotopic (exact) mass is 226 g/mol. The maximum atomic E-state index is 11.3. The smallest absolute Gasteiger partial charge is 0.372 e. The molecular weight excluding hydrogens is 220 g/mol. The van der Waals surface area contributed by atoms with Crippen molar-refractivity contribution in [2.75, 3.05) is 11.9 Å². The fourth-order valence-electron chi connectivity index (χ4n) is 1.61. The first-order chi connectivity index (χ1) is 7.11. The predicted octanol–water partition coefficient (Wildman–Crippen LogP) is 0.898. The first-order valence-electron chi connectivity index (χ1n) is 4.26. The zero-order valence-corrected chi connectivity index (χ0v) is 8.28. The van der Waals surface area contributed by atoms with Crippen molar-refractivity contribution in [2.24, 2.45) is 0 Å². The number of pyridine rings is 1.